The lowest BCUT2D eigenvalue weighted by Crippen LogP contribution is -2.48. The second-order valence-electron chi connectivity index (χ2n) is 7.52. The monoisotopic (exact) mass is 374 g/mol. The maximum absolute atomic E-state index is 12.3. The second-order valence-corrected chi connectivity index (χ2v) is 7.52. The molecule has 0 saturated heterocycles. The summed E-state index contributed by atoms with van der Waals surface area (Å²) in [6.45, 7) is 0.712. The number of rotatable bonds is 3. The Morgan fingerprint density at radius 1 is 1.11 bits per heavy atom. The highest BCUT2D eigenvalue weighted by Gasteiger charge is 2.45. The van der Waals surface area contributed by atoms with Gasteiger partial charge in [0.25, 0.3) is 0 Å². The van der Waals surface area contributed by atoms with Gasteiger partial charge in [-0.05, 0) is 23.6 Å². The zero-order chi connectivity index (χ0) is 19.3. The molecule has 2 aliphatic rings. The third-order valence-corrected chi connectivity index (χ3v) is 6.04. The van der Waals surface area contributed by atoms with E-state index in [2.05, 4.69) is 34.1 Å². The molecule has 2 N–H and O–H groups in total. The van der Waals surface area contributed by atoms with Gasteiger partial charge in [0.15, 0.2) is 0 Å². The van der Waals surface area contributed by atoms with Crippen LogP contribution in [0.2, 0.25) is 0 Å². The van der Waals surface area contributed by atoms with Crippen molar-refractivity contribution >= 4 is 16.9 Å². The van der Waals surface area contributed by atoms with E-state index in [-0.39, 0.29) is 17.8 Å². The largest absolute Gasteiger partial charge is 0.510 e. The summed E-state index contributed by atoms with van der Waals surface area (Å²) in [4.78, 5) is 18.2. The number of hydrogen-bond acceptors (Lipinski definition) is 4. The molecule has 5 nitrogen and oxygen atoms in total. The molecule has 0 aliphatic carbocycles. The number of aromatic nitrogens is 1. The van der Waals surface area contributed by atoms with E-state index in [9.17, 15) is 9.90 Å². The Morgan fingerprint density at radius 3 is 2.64 bits per heavy atom. The van der Waals surface area contributed by atoms with E-state index in [4.69, 9.17) is 4.74 Å². The maximum Gasteiger partial charge on any atom is 0.337 e. The summed E-state index contributed by atoms with van der Waals surface area (Å²) in [7, 11) is 1.36. The molecule has 0 radical (unpaired) electrons. The van der Waals surface area contributed by atoms with E-state index >= 15 is 0 Å². The summed E-state index contributed by atoms with van der Waals surface area (Å²) in [6, 6.07) is 18.3. The lowest BCUT2D eigenvalue weighted by molar-refractivity contribution is -0.137. The average molecular weight is 374 g/mol. The normalized spacial score (nSPS) is 21.6. The molecule has 5 heteroatoms. The number of H-pyrrole nitrogens is 1. The van der Waals surface area contributed by atoms with Crippen LogP contribution in [0, 0.1) is 0 Å². The van der Waals surface area contributed by atoms with Gasteiger partial charge in [0.05, 0.1) is 24.8 Å². The molecule has 1 aromatic heterocycles. The maximum atomic E-state index is 12.3. The molecule has 3 aromatic rings. The van der Waals surface area contributed by atoms with Gasteiger partial charge in [-0.25, -0.2) is 4.79 Å². The number of aliphatic hydroxyl groups excluding tert-OH is 1. The van der Waals surface area contributed by atoms with Crippen LogP contribution in [0.5, 0.6) is 0 Å². The summed E-state index contributed by atoms with van der Waals surface area (Å²) < 4.78 is 4.94. The Hall–Kier alpha value is -3.05. The standard InChI is InChI=1S/C23H22N2O3/c1-28-23(27)17-12-19-21-16(15-9-5-6-10-18(15)24-21)11-20(22(17)26)25(19)13-14-7-3-2-4-8-14/h2-10,19-20,24,26H,11-13H2,1H3/t19-,20-/m0/s1. The van der Waals surface area contributed by atoms with Crippen molar-refractivity contribution in [3.63, 3.8) is 0 Å². The van der Waals surface area contributed by atoms with Crippen molar-refractivity contribution in [1.29, 1.82) is 0 Å². The molecule has 3 heterocycles. The van der Waals surface area contributed by atoms with Crippen LogP contribution < -0.4 is 0 Å². The Bertz CT molecular complexity index is 1080. The van der Waals surface area contributed by atoms with Crippen LogP contribution in [-0.2, 0) is 22.5 Å². The lowest BCUT2D eigenvalue weighted by Gasteiger charge is -2.45. The summed E-state index contributed by atoms with van der Waals surface area (Å²) in [5, 5.41) is 12.2. The van der Waals surface area contributed by atoms with Crippen LogP contribution in [0.25, 0.3) is 10.9 Å². The predicted octanol–water partition coefficient (Wildman–Crippen LogP) is 4.02. The van der Waals surface area contributed by atoms with E-state index in [1.807, 2.05) is 30.3 Å². The number of methoxy groups -OCH3 is 1. The van der Waals surface area contributed by atoms with Crippen molar-refractivity contribution in [2.75, 3.05) is 7.11 Å². The van der Waals surface area contributed by atoms with Crippen LogP contribution in [0.15, 0.2) is 65.9 Å². The number of fused-ring (bicyclic) bond motifs is 6. The first-order valence-corrected chi connectivity index (χ1v) is 9.57. The van der Waals surface area contributed by atoms with E-state index in [1.165, 1.54) is 23.6 Å². The highest BCUT2D eigenvalue weighted by molar-refractivity contribution is 5.90. The molecule has 2 aliphatic heterocycles. The van der Waals surface area contributed by atoms with E-state index in [1.54, 1.807) is 0 Å². The van der Waals surface area contributed by atoms with Crippen molar-refractivity contribution in [1.82, 2.24) is 9.88 Å². The minimum atomic E-state index is -0.438. The number of aliphatic hydroxyl groups is 1. The molecule has 2 bridgehead atoms. The van der Waals surface area contributed by atoms with Gasteiger partial charge in [0.1, 0.15) is 5.76 Å². The van der Waals surface area contributed by atoms with E-state index < -0.39 is 5.97 Å². The number of para-hydroxylation sites is 1. The highest BCUT2D eigenvalue weighted by Crippen LogP contribution is 2.46. The van der Waals surface area contributed by atoms with Crippen LogP contribution in [0.3, 0.4) is 0 Å². The molecule has 0 saturated carbocycles. The molecule has 2 atom stereocenters. The van der Waals surface area contributed by atoms with Gasteiger partial charge in [0, 0.05) is 29.6 Å². The summed E-state index contributed by atoms with van der Waals surface area (Å²) >= 11 is 0. The van der Waals surface area contributed by atoms with Crippen LogP contribution in [-0.4, -0.2) is 34.1 Å². The number of nitrogens with zero attached hydrogens (tertiary/aromatic N) is 1. The average Bonchev–Trinajstić information content (AvgIpc) is 3.09. The fraction of sp³-hybridized carbons (Fsp3) is 0.261. The van der Waals surface area contributed by atoms with Gasteiger partial charge in [0.2, 0.25) is 0 Å². The predicted molar refractivity (Wildman–Crippen MR) is 107 cm³/mol. The van der Waals surface area contributed by atoms with Crippen molar-refractivity contribution in [2.45, 2.75) is 31.5 Å². The first-order valence-electron chi connectivity index (χ1n) is 9.57. The number of ether oxygens (including phenoxy) is 1. The van der Waals surface area contributed by atoms with Gasteiger partial charge in [-0.2, -0.15) is 0 Å². The van der Waals surface area contributed by atoms with Crippen molar-refractivity contribution in [3.8, 4) is 0 Å². The number of aromatic amines is 1. The van der Waals surface area contributed by atoms with Gasteiger partial charge in [-0.3, -0.25) is 4.90 Å². The Labute approximate surface area is 163 Å². The van der Waals surface area contributed by atoms with E-state index in [0.717, 1.165) is 11.2 Å². The lowest BCUT2D eigenvalue weighted by atomic mass is 9.81. The van der Waals surface area contributed by atoms with E-state index in [0.29, 0.717) is 25.0 Å². The number of carbonyl (C=O) groups excluding carboxylic acids is 1. The van der Waals surface area contributed by atoms with Crippen LogP contribution in [0.4, 0.5) is 0 Å². The number of carbonyl (C=O) groups is 1. The fourth-order valence-electron chi connectivity index (χ4n) is 4.72. The molecule has 2 aromatic carbocycles. The van der Waals surface area contributed by atoms with Gasteiger partial charge in [-0.15, -0.1) is 0 Å². The molecule has 142 valence electrons. The number of nitrogens with one attached hydrogen (secondary N) is 1. The summed E-state index contributed by atoms with van der Waals surface area (Å²) in [5.41, 5.74) is 5.06. The van der Waals surface area contributed by atoms with Crippen molar-refractivity contribution in [3.05, 3.63) is 82.8 Å². The van der Waals surface area contributed by atoms with Gasteiger partial charge >= 0.3 is 5.97 Å². The Morgan fingerprint density at radius 2 is 1.86 bits per heavy atom. The highest BCUT2D eigenvalue weighted by atomic mass is 16.5. The minimum Gasteiger partial charge on any atom is -0.510 e. The summed E-state index contributed by atoms with van der Waals surface area (Å²) in [6.07, 6.45) is 1.09. The molecule has 28 heavy (non-hydrogen) atoms. The van der Waals surface area contributed by atoms with Crippen LogP contribution in [0.1, 0.15) is 29.3 Å². The Kier molecular flexibility index (Phi) is 3.98. The zero-order valence-corrected chi connectivity index (χ0v) is 15.7. The molecule has 0 fully saturated rings. The van der Waals surface area contributed by atoms with Crippen molar-refractivity contribution < 1.29 is 14.6 Å². The van der Waals surface area contributed by atoms with Gasteiger partial charge in [-0.1, -0.05) is 48.5 Å². The third kappa shape index (κ3) is 2.54. The number of hydrogen-bond donors (Lipinski definition) is 2. The first kappa shape index (κ1) is 17.1. The third-order valence-electron chi connectivity index (χ3n) is 6.04. The van der Waals surface area contributed by atoms with Crippen molar-refractivity contribution in [2.24, 2.45) is 0 Å². The van der Waals surface area contributed by atoms with Gasteiger partial charge < -0.3 is 14.8 Å². The molecular formula is C23H22N2O3. The SMILES string of the molecule is COC(=O)C1=C(O)[C@@H]2Cc3c([nH]c4ccccc34)[C@H](C1)N2Cc1ccccc1. The first-order chi connectivity index (χ1) is 13.7. The molecule has 0 spiro atoms. The quantitative estimate of drug-likeness (QED) is 0.680. The number of esters is 1. The minimum absolute atomic E-state index is 0.00800. The molecule has 5 rings (SSSR count). The zero-order valence-electron chi connectivity index (χ0n) is 15.7. The second kappa shape index (κ2) is 6.53. The summed E-state index contributed by atoms with van der Waals surface area (Å²) in [5.74, 6) is -0.290. The molecule has 0 amide bonds. The fourth-order valence-corrected chi connectivity index (χ4v) is 4.72. The topological polar surface area (TPSA) is 65.6 Å². The molecular weight excluding hydrogens is 352 g/mol. The Balaban J connectivity index is 1.64. The van der Waals surface area contributed by atoms with Crippen LogP contribution >= 0.6 is 0 Å². The molecule has 0 unspecified atom stereocenters. The smallest absolute Gasteiger partial charge is 0.337 e. The number of benzene rings is 2.